The minimum Gasteiger partial charge on any atom is -0.493 e. The zero-order valence-electron chi connectivity index (χ0n) is 15.6. The highest BCUT2D eigenvalue weighted by Gasteiger charge is 2.16. The monoisotopic (exact) mass is 358 g/mol. The molecule has 1 fully saturated rings. The first-order chi connectivity index (χ1) is 12.7. The molecule has 1 aliphatic carbocycles. The Balaban J connectivity index is 1.32. The lowest BCUT2D eigenvalue weighted by Crippen LogP contribution is -2.41. The number of fused-ring (bicyclic) bond motifs is 1. The maximum atomic E-state index is 11.9. The molecule has 3 rings (SSSR count). The van der Waals surface area contributed by atoms with Crippen LogP contribution in [0.3, 0.4) is 0 Å². The number of carbonyl (C=O) groups is 1. The van der Waals surface area contributed by atoms with Gasteiger partial charge in [0.15, 0.2) is 5.96 Å². The van der Waals surface area contributed by atoms with Crippen LogP contribution in [0.4, 0.5) is 0 Å². The van der Waals surface area contributed by atoms with Gasteiger partial charge in [-0.2, -0.15) is 0 Å². The highest BCUT2D eigenvalue weighted by atomic mass is 16.5. The van der Waals surface area contributed by atoms with E-state index in [1.54, 1.807) is 7.05 Å². The fourth-order valence-electron chi connectivity index (χ4n) is 3.61. The summed E-state index contributed by atoms with van der Waals surface area (Å²) in [5.41, 5.74) is 2.60. The second-order valence-corrected chi connectivity index (χ2v) is 7.02. The van der Waals surface area contributed by atoms with Crippen LogP contribution in [0.1, 0.15) is 43.2 Å². The van der Waals surface area contributed by atoms with Crippen LogP contribution in [0.25, 0.3) is 0 Å². The van der Waals surface area contributed by atoms with E-state index in [1.807, 2.05) is 0 Å². The van der Waals surface area contributed by atoms with Gasteiger partial charge in [0.1, 0.15) is 5.75 Å². The summed E-state index contributed by atoms with van der Waals surface area (Å²) in [6.07, 6.45) is 7.11. The van der Waals surface area contributed by atoms with E-state index >= 15 is 0 Å². The third-order valence-corrected chi connectivity index (χ3v) is 5.05. The van der Waals surface area contributed by atoms with Crippen molar-refractivity contribution in [3.8, 4) is 5.75 Å². The predicted octanol–water partition coefficient (Wildman–Crippen LogP) is 1.78. The maximum absolute atomic E-state index is 11.9. The summed E-state index contributed by atoms with van der Waals surface area (Å²) >= 11 is 0. The van der Waals surface area contributed by atoms with Crippen molar-refractivity contribution < 1.29 is 9.53 Å². The topological polar surface area (TPSA) is 74.8 Å². The fraction of sp³-hybridized carbons (Fsp3) is 0.600. The smallest absolute Gasteiger partial charge is 0.221 e. The highest BCUT2D eigenvalue weighted by Crippen LogP contribution is 2.25. The molecule has 3 N–H and O–H groups in total. The second-order valence-electron chi connectivity index (χ2n) is 7.02. The molecule has 0 saturated heterocycles. The number of hydrogen-bond acceptors (Lipinski definition) is 3. The number of aliphatic imine (C=N–C) groups is 1. The van der Waals surface area contributed by atoms with Crippen molar-refractivity contribution in [2.75, 3.05) is 26.7 Å². The number of nitrogens with zero attached hydrogens (tertiary/aromatic N) is 1. The molecule has 0 aromatic heterocycles. The van der Waals surface area contributed by atoms with Gasteiger partial charge in [0, 0.05) is 39.0 Å². The van der Waals surface area contributed by atoms with E-state index in [1.165, 1.54) is 24.0 Å². The lowest BCUT2D eigenvalue weighted by atomic mass is 10.1. The first-order valence-electron chi connectivity index (χ1n) is 9.73. The van der Waals surface area contributed by atoms with Crippen LogP contribution >= 0.6 is 0 Å². The summed E-state index contributed by atoms with van der Waals surface area (Å²) in [5.74, 6) is 1.89. The van der Waals surface area contributed by atoms with E-state index in [4.69, 9.17) is 4.74 Å². The van der Waals surface area contributed by atoms with Crippen LogP contribution in [0.15, 0.2) is 23.2 Å². The molecular formula is C20H30N4O2. The lowest BCUT2D eigenvalue weighted by molar-refractivity contribution is -0.121. The van der Waals surface area contributed by atoms with Gasteiger partial charge in [-0.1, -0.05) is 25.0 Å². The van der Waals surface area contributed by atoms with Crippen molar-refractivity contribution in [1.82, 2.24) is 16.0 Å². The minimum absolute atomic E-state index is 0.125. The molecule has 0 atom stereocenters. The van der Waals surface area contributed by atoms with Gasteiger partial charge >= 0.3 is 0 Å². The molecule has 0 radical (unpaired) electrons. The molecule has 1 aromatic carbocycles. The number of hydrogen-bond donors (Lipinski definition) is 3. The number of carbonyl (C=O) groups excluding carboxylic acids is 1. The Hall–Kier alpha value is -2.24. The van der Waals surface area contributed by atoms with Gasteiger partial charge in [0.25, 0.3) is 0 Å². The Kier molecular flexibility index (Phi) is 6.75. The molecule has 1 aromatic rings. The average molecular weight is 358 g/mol. The Bertz CT molecular complexity index is 639. The molecule has 0 unspecified atom stereocenters. The van der Waals surface area contributed by atoms with Gasteiger partial charge in [0.05, 0.1) is 6.61 Å². The SMILES string of the molecule is CN=C(NCCC(=O)NC1CCCC1)NCCc1ccc2c(c1)CCO2. The van der Waals surface area contributed by atoms with Gasteiger partial charge in [-0.25, -0.2) is 0 Å². The molecule has 1 amide bonds. The van der Waals surface area contributed by atoms with E-state index in [2.05, 4.69) is 39.1 Å². The number of amides is 1. The third-order valence-electron chi connectivity index (χ3n) is 5.05. The first kappa shape index (κ1) is 18.5. The second kappa shape index (κ2) is 9.46. The molecule has 6 nitrogen and oxygen atoms in total. The number of guanidine groups is 1. The van der Waals surface area contributed by atoms with E-state index < -0.39 is 0 Å². The van der Waals surface area contributed by atoms with Gasteiger partial charge in [0.2, 0.25) is 5.91 Å². The van der Waals surface area contributed by atoms with Gasteiger partial charge in [-0.15, -0.1) is 0 Å². The summed E-state index contributed by atoms with van der Waals surface area (Å²) in [5, 5.41) is 9.63. The van der Waals surface area contributed by atoms with Crippen molar-refractivity contribution in [2.24, 2.45) is 4.99 Å². The van der Waals surface area contributed by atoms with Crippen molar-refractivity contribution >= 4 is 11.9 Å². The summed E-state index contributed by atoms with van der Waals surface area (Å²) in [6, 6.07) is 6.80. The highest BCUT2D eigenvalue weighted by molar-refractivity contribution is 5.81. The quantitative estimate of drug-likeness (QED) is 0.513. The first-order valence-corrected chi connectivity index (χ1v) is 9.73. The molecule has 1 saturated carbocycles. The number of ether oxygens (including phenoxy) is 1. The fourth-order valence-corrected chi connectivity index (χ4v) is 3.61. The molecule has 0 bridgehead atoms. The predicted molar refractivity (Wildman–Crippen MR) is 104 cm³/mol. The van der Waals surface area contributed by atoms with Gasteiger partial charge in [-0.05, 0) is 36.5 Å². The van der Waals surface area contributed by atoms with Crippen molar-refractivity contribution in [1.29, 1.82) is 0 Å². The molecule has 6 heteroatoms. The van der Waals surface area contributed by atoms with Crippen LogP contribution in [-0.4, -0.2) is 44.7 Å². The van der Waals surface area contributed by atoms with Crippen LogP contribution < -0.4 is 20.7 Å². The Morgan fingerprint density at radius 3 is 2.85 bits per heavy atom. The maximum Gasteiger partial charge on any atom is 0.221 e. The van der Waals surface area contributed by atoms with Crippen LogP contribution in [-0.2, 0) is 17.6 Å². The van der Waals surface area contributed by atoms with E-state index in [9.17, 15) is 4.79 Å². The molecule has 1 heterocycles. The number of benzene rings is 1. The zero-order chi connectivity index (χ0) is 18.2. The largest absolute Gasteiger partial charge is 0.493 e. The third kappa shape index (κ3) is 5.38. The summed E-state index contributed by atoms with van der Waals surface area (Å²) in [4.78, 5) is 16.2. The summed E-state index contributed by atoms with van der Waals surface area (Å²) in [6.45, 7) is 2.18. The van der Waals surface area contributed by atoms with E-state index in [0.29, 0.717) is 19.0 Å². The molecule has 142 valence electrons. The number of rotatable bonds is 7. The van der Waals surface area contributed by atoms with Crippen LogP contribution in [0.2, 0.25) is 0 Å². The molecule has 2 aliphatic rings. The molecule has 1 aliphatic heterocycles. The van der Waals surface area contributed by atoms with Crippen molar-refractivity contribution in [3.63, 3.8) is 0 Å². The van der Waals surface area contributed by atoms with Crippen LogP contribution in [0, 0.1) is 0 Å². The average Bonchev–Trinajstić information content (AvgIpc) is 3.31. The Morgan fingerprint density at radius 1 is 1.23 bits per heavy atom. The van der Waals surface area contributed by atoms with Crippen molar-refractivity contribution in [2.45, 2.75) is 51.0 Å². The normalized spacial score (nSPS) is 16.9. The Labute approximate surface area is 155 Å². The molecule has 0 spiro atoms. The Morgan fingerprint density at radius 2 is 2.04 bits per heavy atom. The minimum atomic E-state index is 0.125. The van der Waals surface area contributed by atoms with Crippen molar-refractivity contribution in [3.05, 3.63) is 29.3 Å². The zero-order valence-corrected chi connectivity index (χ0v) is 15.6. The standard InChI is InChI=1S/C20H30N4O2/c1-21-20(23-12-9-19(25)24-17-4-2-3-5-17)22-11-8-15-6-7-18-16(14-15)10-13-26-18/h6-7,14,17H,2-5,8-13H2,1H3,(H,24,25)(H2,21,22,23). The van der Waals surface area contributed by atoms with Crippen LogP contribution in [0.5, 0.6) is 5.75 Å². The summed E-state index contributed by atoms with van der Waals surface area (Å²) < 4.78 is 5.54. The lowest BCUT2D eigenvalue weighted by Gasteiger charge is -2.14. The molecule has 26 heavy (non-hydrogen) atoms. The van der Waals surface area contributed by atoms with Gasteiger partial charge in [-0.3, -0.25) is 9.79 Å². The molecular weight excluding hydrogens is 328 g/mol. The van der Waals surface area contributed by atoms with Gasteiger partial charge < -0.3 is 20.7 Å². The summed E-state index contributed by atoms with van der Waals surface area (Å²) in [7, 11) is 1.75. The van der Waals surface area contributed by atoms with E-state index in [0.717, 1.165) is 50.5 Å². The number of nitrogens with one attached hydrogen (secondary N) is 3. The van der Waals surface area contributed by atoms with E-state index in [-0.39, 0.29) is 5.91 Å².